The lowest BCUT2D eigenvalue weighted by Crippen LogP contribution is -2.17. The van der Waals surface area contributed by atoms with Crippen molar-refractivity contribution in [1.82, 2.24) is 0 Å². The Morgan fingerprint density at radius 3 is 2.57 bits per heavy atom. The number of unbranched alkanes of at least 4 members (excludes halogenated alkanes) is 1. The Labute approximate surface area is 169 Å². The molecule has 0 saturated heterocycles. The molecule has 2 aromatic rings. The van der Waals surface area contributed by atoms with Gasteiger partial charge in [0.05, 0.1) is 19.4 Å². The number of amides is 1. The number of ether oxygens (including phenoxy) is 4. The number of anilines is 1. The van der Waals surface area contributed by atoms with E-state index in [9.17, 15) is 4.79 Å². The minimum absolute atomic E-state index is 0.231. The maximum Gasteiger partial charge on any atom is 0.255 e. The third-order valence-electron chi connectivity index (χ3n) is 4.29. The number of fused-ring (bicyclic) bond motifs is 1. The number of rotatable bonds is 8. The molecule has 0 bridgehead atoms. The number of hydrogen-bond acceptors (Lipinski definition) is 6. The molecule has 1 heterocycles. The molecule has 1 N–H and O–H groups in total. The fraction of sp³-hybridized carbons (Fsp3) is 0.381. The van der Waals surface area contributed by atoms with E-state index in [1.54, 1.807) is 31.4 Å². The number of nitrogens with one attached hydrogen (secondary N) is 1. The molecule has 0 aromatic heterocycles. The zero-order valence-electron chi connectivity index (χ0n) is 16.4. The van der Waals surface area contributed by atoms with Gasteiger partial charge >= 0.3 is 0 Å². The van der Waals surface area contributed by atoms with Crippen molar-refractivity contribution < 1.29 is 23.7 Å². The van der Waals surface area contributed by atoms with Crippen molar-refractivity contribution in [3.8, 4) is 23.0 Å². The van der Waals surface area contributed by atoms with Crippen molar-refractivity contribution in [1.29, 1.82) is 0 Å². The quantitative estimate of drug-likeness (QED) is 0.512. The Kier molecular flexibility index (Phi) is 6.92. The first-order chi connectivity index (χ1) is 13.7. The van der Waals surface area contributed by atoms with Crippen molar-refractivity contribution in [2.24, 2.45) is 0 Å². The van der Waals surface area contributed by atoms with E-state index in [0.29, 0.717) is 54.1 Å². The number of benzene rings is 2. The first-order valence-corrected chi connectivity index (χ1v) is 10.5. The third kappa shape index (κ3) is 4.65. The zero-order valence-corrected chi connectivity index (χ0v) is 17.2. The van der Waals surface area contributed by atoms with Gasteiger partial charge in [0, 0.05) is 16.5 Å². The molecule has 3 rings (SSSR count). The lowest BCUT2D eigenvalue weighted by Gasteiger charge is -2.21. The average molecular weight is 404 g/mol. The van der Waals surface area contributed by atoms with Gasteiger partial charge in [-0.1, -0.05) is 13.3 Å². The highest BCUT2D eigenvalue weighted by Gasteiger charge is 2.18. The van der Waals surface area contributed by atoms with Crippen molar-refractivity contribution in [3.05, 3.63) is 35.9 Å². The van der Waals surface area contributed by atoms with Gasteiger partial charge in [0.15, 0.2) is 23.0 Å². The monoisotopic (exact) mass is 403 g/mol. The number of hydrogen-bond donors (Lipinski definition) is 1. The van der Waals surface area contributed by atoms with E-state index in [0.717, 1.165) is 17.7 Å². The molecule has 1 aliphatic rings. The number of carbonyl (C=O) groups is 1. The highest BCUT2D eigenvalue weighted by atomic mass is 32.2. The van der Waals surface area contributed by atoms with Gasteiger partial charge in [-0.15, -0.1) is 11.8 Å². The third-order valence-corrected chi connectivity index (χ3v) is 5.07. The molecule has 0 unspecified atom stereocenters. The van der Waals surface area contributed by atoms with Crippen LogP contribution in [0.15, 0.2) is 35.2 Å². The summed E-state index contributed by atoms with van der Waals surface area (Å²) in [6, 6.07) is 8.88. The molecule has 1 aliphatic heterocycles. The van der Waals surface area contributed by atoms with Crippen LogP contribution in [0.5, 0.6) is 23.0 Å². The van der Waals surface area contributed by atoms with E-state index in [4.69, 9.17) is 18.9 Å². The van der Waals surface area contributed by atoms with Crippen molar-refractivity contribution in [3.63, 3.8) is 0 Å². The fourth-order valence-electron chi connectivity index (χ4n) is 2.79. The van der Waals surface area contributed by atoms with E-state index >= 15 is 0 Å². The molecule has 0 radical (unpaired) electrons. The van der Waals surface area contributed by atoms with Crippen LogP contribution in [0.1, 0.15) is 30.1 Å². The number of methoxy groups -OCH3 is 1. The lowest BCUT2D eigenvalue weighted by atomic mass is 10.1. The van der Waals surface area contributed by atoms with Crippen molar-refractivity contribution >= 4 is 23.4 Å². The summed E-state index contributed by atoms with van der Waals surface area (Å²) >= 11 is 1.53. The van der Waals surface area contributed by atoms with Crippen LogP contribution in [0, 0.1) is 0 Å². The minimum Gasteiger partial charge on any atom is -0.493 e. The maximum atomic E-state index is 12.8. The molecule has 0 atom stereocenters. The summed E-state index contributed by atoms with van der Waals surface area (Å²) in [4.78, 5) is 13.7. The van der Waals surface area contributed by atoms with E-state index in [-0.39, 0.29) is 5.91 Å². The van der Waals surface area contributed by atoms with Gasteiger partial charge in [-0.25, -0.2) is 0 Å². The van der Waals surface area contributed by atoms with Gasteiger partial charge in [0.25, 0.3) is 5.91 Å². The van der Waals surface area contributed by atoms with Gasteiger partial charge < -0.3 is 24.3 Å². The molecular weight excluding hydrogens is 378 g/mol. The Hall–Kier alpha value is -2.54. The highest BCUT2D eigenvalue weighted by Crippen LogP contribution is 2.39. The molecule has 0 fully saturated rings. The summed E-state index contributed by atoms with van der Waals surface area (Å²) in [5.41, 5.74) is 1.17. The second-order valence-corrected chi connectivity index (χ2v) is 7.07. The van der Waals surface area contributed by atoms with Gasteiger partial charge in [0.2, 0.25) is 0 Å². The highest BCUT2D eigenvalue weighted by molar-refractivity contribution is 7.98. The maximum absolute atomic E-state index is 12.8. The fourth-order valence-corrected chi connectivity index (χ4v) is 3.34. The number of thioether (sulfide) groups is 1. The van der Waals surface area contributed by atoms with E-state index in [2.05, 4.69) is 12.2 Å². The molecule has 0 spiro atoms. The van der Waals surface area contributed by atoms with Crippen LogP contribution in [-0.4, -0.2) is 39.1 Å². The first kappa shape index (κ1) is 20.2. The Morgan fingerprint density at radius 1 is 1.14 bits per heavy atom. The topological polar surface area (TPSA) is 66.0 Å². The van der Waals surface area contributed by atoms with Gasteiger partial charge in [-0.2, -0.15) is 0 Å². The predicted octanol–water partition coefficient (Wildman–Crippen LogP) is 4.62. The summed E-state index contributed by atoms with van der Waals surface area (Å²) in [5, 5.41) is 2.96. The molecule has 150 valence electrons. The van der Waals surface area contributed by atoms with E-state index in [1.165, 1.54) is 11.8 Å². The zero-order chi connectivity index (χ0) is 19.9. The molecular formula is C21H25NO5S. The normalized spacial score (nSPS) is 12.4. The SMILES string of the molecule is CCCCOc1ccc(C(=O)Nc2cc3c(cc2SC)OCCO3)cc1OC. The molecule has 0 saturated carbocycles. The predicted molar refractivity (Wildman–Crippen MR) is 111 cm³/mol. The van der Waals surface area contributed by atoms with Crippen LogP contribution >= 0.6 is 11.8 Å². The second-order valence-electron chi connectivity index (χ2n) is 6.22. The smallest absolute Gasteiger partial charge is 0.255 e. The molecule has 28 heavy (non-hydrogen) atoms. The van der Waals surface area contributed by atoms with Crippen LogP contribution in [0.25, 0.3) is 0 Å². The standard InChI is InChI=1S/C21H25NO5S/c1-4-5-8-25-16-7-6-14(11-17(16)24-2)21(23)22-15-12-18-19(13-20(15)28-3)27-10-9-26-18/h6-7,11-13H,4-5,8-10H2,1-3H3,(H,22,23). The van der Waals surface area contributed by atoms with Crippen LogP contribution in [0.4, 0.5) is 5.69 Å². The van der Waals surface area contributed by atoms with E-state index < -0.39 is 0 Å². The lowest BCUT2D eigenvalue weighted by molar-refractivity contribution is 0.102. The van der Waals surface area contributed by atoms with Crippen molar-refractivity contribution in [2.45, 2.75) is 24.7 Å². The summed E-state index contributed by atoms with van der Waals surface area (Å²) in [6.45, 7) is 3.75. The second kappa shape index (κ2) is 9.59. The van der Waals surface area contributed by atoms with Gasteiger partial charge in [-0.3, -0.25) is 4.79 Å². The molecule has 6 nitrogen and oxygen atoms in total. The van der Waals surface area contributed by atoms with Crippen LogP contribution in [0.2, 0.25) is 0 Å². The molecule has 7 heteroatoms. The van der Waals surface area contributed by atoms with Crippen molar-refractivity contribution in [2.75, 3.05) is 38.5 Å². The average Bonchev–Trinajstić information content (AvgIpc) is 2.73. The summed E-state index contributed by atoms with van der Waals surface area (Å²) in [6.07, 6.45) is 3.97. The van der Waals surface area contributed by atoms with Gasteiger partial charge in [-0.05, 0) is 36.9 Å². The summed E-state index contributed by atoms with van der Waals surface area (Å²) in [7, 11) is 1.57. The van der Waals surface area contributed by atoms with Crippen LogP contribution < -0.4 is 24.3 Å². The molecule has 0 aliphatic carbocycles. The number of carbonyl (C=O) groups excluding carboxylic acids is 1. The Balaban J connectivity index is 1.79. The molecule has 1 amide bonds. The minimum atomic E-state index is -0.231. The van der Waals surface area contributed by atoms with Crippen LogP contribution in [-0.2, 0) is 0 Å². The first-order valence-electron chi connectivity index (χ1n) is 9.26. The van der Waals surface area contributed by atoms with E-state index in [1.807, 2.05) is 12.3 Å². The largest absolute Gasteiger partial charge is 0.493 e. The Morgan fingerprint density at radius 2 is 1.89 bits per heavy atom. The summed E-state index contributed by atoms with van der Waals surface area (Å²) in [5.74, 6) is 2.28. The van der Waals surface area contributed by atoms with Crippen LogP contribution in [0.3, 0.4) is 0 Å². The molecule has 2 aromatic carbocycles. The summed E-state index contributed by atoms with van der Waals surface area (Å²) < 4.78 is 22.4. The Bertz CT molecular complexity index is 840. The van der Waals surface area contributed by atoms with Gasteiger partial charge in [0.1, 0.15) is 13.2 Å².